The van der Waals surface area contributed by atoms with E-state index in [2.05, 4.69) is 20.3 Å². The highest BCUT2D eigenvalue weighted by molar-refractivity contribution is 5.03. The van der Waals surface area contributed by atoms with Crippen LogP contribution in [0.25, 0.3) is 0 Å². The zero-order chi connectivity index (χ0) is 8.39. The molecule has 2 heterocycles. The third kappa shape index (κ3) is 1.09. The summed E-state index contributed by atoms with van der Waals surface area (Å²) in [7, 11) is 0. The highest BCUT2D eigenvalue weighted by atomic mass is 15.3. The Balaban J connectivity index is 2.27. The average molecular weight is 163 g/mol. The van der Waals surface area contributed by atoms with Crippen molar-refractivity contribution in [2.24, 2.45) is 0 Å². The van der Waals surface area contributed by atoms with Gasteiger partial charge in [0, 0.05) is 6.20 Å². The van der Waals surface area contributed by atoms with Crippen LogP contribution in [0.15, 0.2) is 24.9 Å². The van der Waals surface area contributed by atoms with E-state index in [1.54, 1.807) is 17.2 Å². The molecule has 0 aliphatic rings. The van der Waals surface area contributed by atoms with Crippen LogP contribution in [0.3, 0.4) is 0 Å². The molecule has 2 rings (SSSR count). The molecule has 0 bridgehead atoms. The van der Waals surface area contributed by atoms with Crippen LogP contribution in [0, 0.1) is 0 Å². The predicted octanol–water partition coefficient (Wildman–Crippen LogP) is 0.610. The van der Waals surface area contributed by atoms with Gasteiger partial charge in [-0.25, -0.2) is 9.67 Å². The topological polar surface area (TPSA) is 59.4 Å². The Hall–Kier alpha value is -1.65. The maximum Gasteiger partial charge on any atom is 0.137 e. The third-order valence-electron chi connectivity index (χ3n) is 1.81. The Bertz CT molecular complexity index is 288. The second-order valence-electron chi connectivity index (χ2n) is 2.56. The molecule has 0 amide bonds. The number of nitrogens with zero attached hydrogens (tertiary/aromatic N) is 4. The van der Waals surface area contributed by atoms with Crippen molar-refractivity contribution in [2.75, 3.05) is 0 Å². The predicted molar refractivity (Wildman–Crippen MR) is 42.4 cm³/mol. The quantitative estimate of drug-likeness (QED) is 0.705. The monoisotopic (exact) mass is 163 g/mol. The molecule has 0 saturated heterocycles. The molecule has 0 spiro atoms. The van der Waals surface area contributed by atoms with Crippen molar-refractivity contribution in [3.8, 4) is 0 Å². The van der Waals surface area contributed by atoms with Crippen LogP contribution in [-0.2, 0) is 0 Å². The van der Waals surface area contributed by atoms with Crippen LogP contribution in [0.4, 0.5) is 0 Å². The van der Waals surface area contributed by atoms with Crippen molar-refractivity contribution in [1.82, 2.24) is 25.0 Å². The van der Waals surface area contributed by atoms with Crippen LogP contribution in [0.2, 0.25) is 0 Å². The molecule has 1 N–H and O–H groups in total. The summed E-state index contributed by atoms with van der Waals surface area (Å²) in [5, 5.41) is 10.8. The first kappa shape index (κ1) is 7.02. The maximum atomic E-state index is 4.03. The molecule has 5 nitrogen and oxygen atoms in total. The lowest BCUT2D eigenvalue weighted by atomic mass is 10.2. The summed E-state index contributed by atoms with van der Waals surface area (Å²) < 4.78 is 1.77. The summed E-state index contributed by atoms with van der Waals surface area (Å²) in [6.45, 7) is 2.03. The second kappa shape index (κ2) is 2.77. The van der Waals surface area contributed by atoms with E-state index in [0.29, 0.717) is 0 Å². The number of H-pyrrole nitrogens is 1. The normalized spacial score (nSPS) is 13.1. The van der Waals surface area contributed by atoms with Crippen molar-refractivity contribution in [2.45, 2.75) is 13.0 Å². The Morgan fingerprint density at radius 3 is 3.08 bits per heavy atom. The van der Waals surface area contributed by atoms with Gasteiger partial charge in [0.15, 0.2) is 0 Å². The zero-order valence-electron chi connectivity index (χ0n) is 6.68. The van der Waals surface area contributed by atoms with Gasteiger partial charge in [0.2, 0.25) is 0 Å². The molecule has 1 atom stereocenters. The lowest BCUT2D eigenvalue weighted by molar-refractivity contribution is 0.548. The molecular weight excluding hydrogens is 154 g/mol. The standard InChI is InChI=1S/C7H9N5/c1-6(7-2-3-9-11-7)12-5-8-4-10-12/h2-6H,1H3,(H,9,11)/t6-/m1/s1. The fourth-order valence-corrected chi connectivity index (χ4v) is 1.06. The molecule has 0 unspecified atom stereocenters. The Labute approximate surface area is 69.4 Å². The number of hydrogen-bond donors (Lipinski definition) is 1. The first-order chi connectivity index (χ1) is 5.88. The van der Waals surface area contributed by atoms with Crippen LogP contribution in [-0.4, -0.2) is 25.0 Å². The van der Waals surface area contributed by atoms with Gasteiger partial charge >= 0.3 is 0 Å². The van der Waals surface area contributed by atoms with Crippen molar-refractivity contribution in [3.63, 3.8) is 0 Å². The Morgan fingerprint density at radius 1 is 1.58 bits per heavy atom. The molecule has 12 heavy (non-hydrogen) atoms. The van der Waals surface area contributed by atoms with Crippen LogP contribution in [0.5, 0.6) is 0 Å². The summed E-state index contributed by atoms with van der Waals surface area (Å²) in [4.78, 5) is 3.87. The Kier molecular flexibility index (Phi) is 1.62. The number of rotatable bonds is 2. The van der Waals surface area contributed by atoms with Crippen LogP contribution < -0.4 is 0 Å². The number of aromatic nitrogens is 5. The van der Waals surface area contributed by atoms with Gasteiger partial charge in [-0.05, 0) is 13.0 Å². The lowest BCUT2D eigenvalue weighted by Crippen LogP contribution is -2.07. The molecule has 2 aromatic heterocycles. The van der Waals surface area contributed by atoms with Gasteiger partial charge < -0.3 is 0 Å². The van der Waals surface area contributed by atoms with E-state index >= 15 is 0 Å². The van der Waals surface area contributed by atoms with E-state index in [-0.39, 0.29) is 6.04 Å². The summed E-state index contributed by atoms with van der Waals surface area (Å²) in [6.07, 6.45) is 4.93. The highest BCUT2D eigenvalue weighted by Crippen LogP contribution is 2.11. The largest absolute Gasteiger partial charge is 0.280 e. The molecule has 62 valence electrons. The molecule has 0 aliphatic carbocycles. The molecule has 0 fully saturated rings. The molecule has 0 aliphatic heterocycles. The molecule has 0 radical (unpaired) electrons. The number of aromatic amines is 1. The van der Waals surface area contributed by atoms with Crippen LogP contribution >= 0.6 is 0 Å². The first-order valence-electron chi connectivity index (χ1n) is 3.71. The minimum atomic E-state index is 0.162. The summed E-state index contributed by atoms with van der Waals surface area (Å²) >= 11 is 0. The van der Waals surface area contributed by atoms with E-state index in [1.165, 1.54) is 6.33 Å². The molecule has 5 heteroatoms. The fourth-order valence-electron chi connectivity index (χ4n) is 1.06. The van der Waals surface area contributed by atoms with Gasteiger partial charge in [-0.15, -0.1) is 0 Å². The summed E-state index contributed by atoms with van der Waals surface area (Å²) in [6, 6.07) is 2.08. The maximum absolute atomic E-state index is 4.03. The van der Waals surface area contributed by atoms with Crippen LogP contribution in [0.1, 0.15) is 18.7 Å². The molecule has 0 saturated carbocycles. The summed E-state index contributed by atoms with van der Waals surface area (Å²) in [5.41, 5.74) is 1.03. The van der Waals surface area contributed by atoms with Gasteiger partial charge in [-0.1, -0.05) is 0 Å². The van der Waals surface area contributed by atoms with Crippen molar-refractivity contribution < 1.29 is 0 Å². The van der Waals surface area contributed by atoms with E-state index in [9.17, 15) is 0 Å². The van der Waals surface area contributed by atoms with Gasteiger partial charge in [-0.3, -0.25) is 5.10 Å². The van der Waals surface area contributed by atoms with Gasteiger partial charge in [0.1, 0.15) is 12.7 Å². The van der Waals surface area contributed by atoms with Gasteiger partial charge in [0.25, 0.3) is 0 Å². The van der Waals surface area contributed by atoms with Crippen molar-refractivity contribution in [1.29, 1.82) is 0 Å². The van der Waals surface area contributed by atoms with E-state index in [0.717, 1.165) is 5.69 Å². The van der Waals surface area contributed by atoms with E-state index < -0.39 is 0 Å². The van der Waals surface area contributed by atoms with E-state index in [1.807, 2.05) is 13.0 Å². The van der Waals surface area contributed by atoms with Crippen molar-refractivity contribution in [3.05, 3.63) is 30.6 Å². The van der Waals surface area contributed by atoms with Gasteiger partial charge in [0.05, 0.1) is 11.7 Å². The SMILES string of the molecule is C[C@H](c1ccn[nH]1)n1cncn1. The molecule has 0 aromatic carbocycles. The molecular formula is C7H9N5. The Morgan fingerprint density at radius 2 is 2.50 bits per heavy atom. The third-order valence-corrected chi connectivity index (χ3v) is 1.81. The smallest absolute Gasteiger partial charge is 0.137 e. The second-order valence-corrected chi connectivity index (χ2v) is 2.56. The molecule has 2 aromatic rings. The summed E-state index contributed by atoms with van der Waals surface area (Å²) in [5.74, 6) is 0. The minimum absolute atomic E-state index is 0.162. The average Bonchev–Trinajstić information content (AvgIpc) is 2.77. The first-order valence-corrected chi connectivity index (χ1v) is 3.71. The minimum Gasteiger partial charge on any atom is -0.280 e. The number of hydrogen-bond acceptors (Lipinski definition) is 3. The van der Waals surface area contributed by atoms with Gasteiger partial charge in [-0.2, -0.15) is 10.2 Å². The van der Waals surface area contributed by atoms with E-state index in [4.69, 9.17) is 0 Å². The lowest BCUT2D eigenvalue weighted by Gasteiger charge is -2.07. The zero-order valence-corrected chi connectivity index (χ0v) is 6.68. The highest BCUT2D eigenvalue weighted by Gasteiger charge is 2.07. The number of nitrogens with one attached hydrogen (secondary N) is 1. The fraction of sp³-hybridized carbons (Fsp3) is 0.286. The van der Waals surface area contributed by atoms with Crippen molar-refractivity contribution >= 4 is 0 Å².